The highest BCUT2D eigenvalue weighted by atomic mass is 32.2. The molecule has 0 bridgehead atoms. The Balaban J connectivity index is 1.34. The number of alkyl halides is 2. The number of carbonyl (C=O) groups is 4. The second-order valence-electron chi connectivity index (χ2n) is 17.2. The third kappa shape index (κ3) is 9.69. The predicted molar refractivity (Wildman–Crippen MR) is 203 cm³/mol. The largest absolute Gasteiger partial charge is 0.485 e. The summed E-state index contributed by atoms with van der Waals surface area (Å²) in [7, 11) is -3.89. The van der Waals surface area contributed by atoms with Crippen molar-refractivity contribution >= 4 is 44.4 Å². The Labute approximate surface area is 327 Å². The van der Waals surface area contributed by atoms with Crippen LogP contribution in [0.3, 0.4) is 0 Å². The zero-order valence-electron chi connectivity index (χ0n) is 32.7. The number of ether oxygens (including phenoxy) is 3. The van der Waals surface area contributed by atoms with Gasteiger partial charge in [-0.1, -0.05) is 44.2 Å². The van der Waals surface area contributed by atoms with Crippen LogP contribution in [0.2, 0.25) is 0 Å². The molecule has 2 saturated carbocycles. The number of sulfonamides is 1. The van der Waals surface area contributed by atoms with E-state index >= 15 is 0 Å². The van der Waals surface area contributed by atoms with E-state index in [1.54, 1.807) is 45.0 Å². The van der Waals surface area contributed by atoms with E-state index in [1.165, 1.54) is 11.1 Å². The summed E-state index contributed by atoms with van der Waals surface area (Å²) in [6, 6.07) is 5.79. The van der Waals surface area contributed by atoms with E-state index in [9.17, 15) is 36.4 Å². The summed E-state index contributed by atoms with van der Waals surface area (Å²) in [5.41, 5.74) is -2.09. The standard InChI is InChI=1S/C41H53F2N3O9S/c1-24-10-6-7-11-26-19-41(26,39(50)45-56(51,52)28-14-15-28)20-33(47)32-17-27(22-46(32)38(49)31(25(2)16-24)18-36(48)55-40(3,4)5)54-37-30-13-9-8-12-29(30)34(21-44-37)53-23-35(42)43/h7-9,11-13,21,24-28,31-32,35H,6,10,14-20,22-23H2,1-5H3,(H,45,50)/b11-7-/t24-,25+,26+,27+,31-,32-,41+/m0/s1. The molecule has 15 heteroatoms. The van der Waals surface area contributed by atoms with Gasteiger partial charge in [-0.2, -0.15) is 0 Å². The molecule has 1 aromatic carbocycles. The van der Waals surface area contributed by atoms with Gasteiger partial charge in [0, 0.05) is 23.6 Å². The lowest BCUT2D eigenvalue weighted by atomic mass is 9.82. The molecule has 12 nitrogen and oxygen atoms in total. The molecule has 306 valence electrons. The van der Waals surface area contributed by atoms with Crippen molar-refractivity contribution in [1.29, 1.82) is 0 Å². The fraction of sp³-hybridized carbons (Fsp3) is 0.634. The van der Waals surface area contributed by atoms with Gasteiger partial charge in [0.2, 0.25) is 27.7 Å². The van der Waals surface area contributed by atoms with Gasteiger partial charge < -0.3 is 19.1 Å². The molecule has 3 fully saturated rings. The van der Waals surface area contributed by atoms with Crippen LogP contribution in [-0.2, 0) is 33.9 Å². The highest BCUT2D eigenvalue weighted by molar-refractivity contribution is 7.90. The van der Waals surface area contributed by atoms with Gasteiger partial charge in [0.05, 0.1) is 41.8 Å². The molecule has 56 heavy (non-hydrogen) atoms. The van der Waals surface area contributed by atoms with Crippen molar-refractivity contribution in [3.8, 4) is 11.6 Å². The maximum absolute atomic E-state index is 14.8. The number of pyridine rings is 1. The quantitative estimate of drug-likeness (QED) is 0.218. The molecule has 0 unspecified atom stereocenters. The van der Waals surface area contributed by atoms with Gasteiger partial charge in [-0.25, -0.2) is 22.2 Å². The smallest absolute Gasteiger partial charge is 0.307 e. The Morgan fingerprint density at radius 2 is 1.79 bits per heavy atom. The Morgan fingerprint density at radius 1 is 1.07 bits per heavy atom. The minimum atomic E-state index is -3.89. The summed E-state index contributed by atoms with van der Waals surface area (Å²) in [6.45, 7) is 8.41. The first-order chi connectivity index (χ1) is 26.4. The van der Waals surface area contributed by atoms with Crippen LogP contribution in [0.4, 0.5) is 8.78 Å². The van der Waals surface area contributed by atoms with Crippen LogP contribution in [-0.4, -0.2) is 84.4 Å². The highest BCUT2D eigenvalue weighted by Crippen LogP contribution is 2.57. The average Bonchev–Trinajstić information content (AvgIpc) is 4.04. The first-order valence-corrected chi connectivity index (χ1v) is 21.1. The molecular weight excluding hydrogens is 749 g/mol. The van der Waals surface area contributed by atoms with Gasteiger partial charge in [0.15, 0.2) is 5.78 Å². The van der Waals surface area contributed by atoms with Gasteiger partial charge >= 0.3 is 5.97 Å². The summed E-state index contributed by atoms with van der Waals surface area (Å²) in [5, 5.41) is 0.335. The number of allylic oxidation sites excluding steroid dienone is 2. The molecule has 0 spiro atoms. The van der Waals surface area contributed by atoms with Crippen LogP contribution in [0.15, 0.2) is 42.6 Å². The number of benzene rings is 1. The molecule has 2 aliphatic carbocycles. The SMILES string of the molecule is C[C@H]1CC/C=C\[C@@H]2C[C@@]2(C(=O)NS(=O)(=O)C2CC2)CC(=O)[C@@H]2C[C@@H](Oc3ncc(OCC(F)F)c4ccccc34)CN2C(=O)[C@@H](CC(=O)OC(C)(C)C)[C@H](C)C1. The Kier molecular flexibility index (Phi) is 12.1. The first kappa shape index (κ1) is 41.5. The fourth-order valence-electron chi connectivity index (χ4n) is 8.21. The number of rotatable bonds is 10. The number of carbonyl (C=O) groups excluding carboxylic acids is 4. The van der Waals surface area contributed by atoms with Crippen molar-refractivity contribution in [2.75, 3.05) is 13.2 Å². The van der Waals surface area contributed by atoms with Crippen molar-refractivity contribution in [2.24, 2.45) is 29.1 Å². The van der Waals surface area contributed by atoms with E-state index in [-0.39, 0.29) is 61.6 Å². The number of hydrogen-bond acceptors (Lipinski definition) is 10. The number of ketones is 1. The number of nitrogens with one attached hydrogen (secondary N) is 1. The topological polar surface area (TPSA) is 158 Å². The van der Waals surface area contributed by atoms with Crippen LogP contribution in [0, 0.1) is 29.1 Å². The molecule has 0 radical (unpaired) electrons. The maximum Gasteiger partial charge on any atom is 0.307 e. The lowest BCUT2D eigenvalue weighted by molar-refractivity contribution is -0.160. The zero-order chi connectivity index (χ0) is 40.6. The summed E-state index contributed by atoms with van der Waals surface area (Å²) >= 11 is 0. The predicted octanol–water partition coefficient (Wildman–Crippen LogP) is 6.16. The van der Waals surface area contributed by atoms with Crippen molar-refractivity contribution in [3.05, 3.63) is 42.6 Å². The van der Waals surface area contributed by atoms with Gasteiger partial charge in [-0.3, -0.25) is 23.9 Å². The number of halogens is 2. The molecule has 7 atom stereocenters. The van der Waals surface area contributed by atoms with Crippen LogP contribution >= 0.6 is 0 Å². The van der Waals surface area contributed by atoms with Crippen LogP contribution in [0.5, 0.6) is 11.6 Å². The van der Waals surface area contributed by atoms with E-state index in [0.717, 1.165) is 6.42 Å². The van der Waals surface area contributed by atoms with E-state index in [1.807, 2.05) is 19.1 Å². The second-order valence-corrected chi connectivity index (χ2v) is 19.1. The molecule has 1 aromatic heterocycles. The van der Waals surface area contributed by atoms with Crippen molar-refractivity contribution in [1.82, 2.24) is 14.6 Å². The van der Waals surface area contributed by atoms with Gasteiger partial charge in [0.25, 0.3) is 6.43 Å². The third-order valence-electron chi connectivity index (χ3n) is 11.3. The lowest BCUT2D eigenvalue weighted by Gasteiger charge is -2.32. The lowest BCUT2D eigenvalue weighted by Crippen LogP contribution is -2.47. The van der Waals surface area contributed by atoms with E-state index in [0.29, 0.717) is 36.5 Å². The molecule has 1 N–H and O–H groups in total. The third-order valence-corrected chi connectivity index (χ3v) is 13.2. The minimum Gasteiger partial charge on any atom is -0.485 e. The molecule has 2 amide bonds. The van der Waals surface area contributed by atoms with E-state index < -0.39 is 81.0 Å². The monoisotopic (exact) mass is 801 g/mol. The summed E-state index contributed by atoms with van der Waals surface area (Å²) in [5.74, 6) is -3.07. The Hall–Kier alpha value is -4.14. The van der Waals surface area contributed by atoms with Crippen molar-refractivity contribution in [3.63, 3.8) is 0 Å². The average molecular weight is 802 g/mol. The number of amides is 2. The van der Waals surface area contributed by atoms with Crippen LogP contribution < -0.4 is 14.2 Å². The van der Waals surface area contributed by atoms with Gasteiger partial charge in [-0.15, -0.1) is 0 Å². The summed E-state index contributed by atoms with van der Waals surface area (Å²) in [6.07, 6.45) is 4.59. The first-order valence-electron chi connectivity index (χ1n) is 19.6. The molecular formula is C41H53F2N3O9S. The van der Waals surface area contributed by atoms with Gasteiger partial charge in [-0.05, 0) is 83.1 Å². The molecule has 3 heterocycles. The number of nitrogens with zero attached hydrogens (tertiary/aromatic N) is 2. The fourth-order valence-corrected chi connectivity index (χ4v) is 9.59. The summed E-state index contributed by atoms with van der Waals surface area (Å²) < 4.78 is 71.5. The number of aromatic nitrogens is 1. The number of esters is 1. The Morgan fingerprint density at radius 3 is 2.46 bits per heavy atom. The summed E-state index contributed by atoms with van der Waals surface area (Å²) in [4.78, 5) is 62.4. The zero-order valence-corrected chi connectivity index (χ0v) is 33.5. The van der Waals surface area contributed by atoms with Crippen molar-refractivity contribution < 1.29 is 50.6 Å². The minimum absolute atomic E-state index is 0.0345. The van der Waals surface area contributed by atoms with Crippen LogP contribution in [0.25, 0.3) is 10.8 Å². The number of hydrogen-bond donors (Lipinski definition) is 1. The molecule has 2 aromatic rings. The second kappa shape index (κ2) is 16.4. The Bertz CT molecular complexity index is 1960. The van der Waals surface area contributed by atoms with Crippen LogP contribution in [0.1, 0.15) is 92.4 Å². The van der Waals surface area contributed by atoms with Crippen molar-refractivity contribution in [2.45, 2.75) is 122 Å². The number of fused-ring (bicyclic) bond motifs is 3. The van der Waals surface area contributed by atoms with Gasteiger partial charge in [0.1, 0.15) is 24.1 Å². The molecule has 6 rings (SSSR count). The normalized spacial score (nSPS) is 29.5. The molecule has 2 aliphatic heterocycles. The van der Waals surface area contributed by atoms with E-state index in [2.05, 4.69) is 16.6 Å². The molecule has 4 aliphatic rings. The van der Waals surface area contributed by atoms with E-state index in [4.69, 9.17) is 14.2 Å². The molecule has 1 saturated heterocycles. The maximum atomic E-state index is 14.8. The highest BCUT2D eigenvalue weighted by Gasteiger charge is 2.61. The number of Topliss-reactive ketones (excluding diaryl/α,β-unsaturated/α-hetero) is 1.